The summed E-state index contributed by atoms with van der Waals surface area (Å²) in [5.41, 5.74) is 2.83. The Morgan fingerprint density at radius 3 is 2.43 bits per heavy atom. The molecule has 0 atom stereocenters. The average molecular weight is 331 g/mol. The lowest BCUT2D eigenvalue weighted by Gasteiger charge is -2.21. The minimum absolute atomic E-state index is 0.0318. The fourth-order valence-corrected chi connectivity index (χ4v) is 3.04. The van der Waals surface area contributed by atoms with E-state index < -0.39 is 0 Å². The van der Waals surface area contributed by atoms with Gasteiger partial charge in [0.15, 0.2) is 5.16 Å². The number of aliphatic hydroxyl groups is 1. The summed E-state index contributed by atoms with van der Waals surface area (Å²) in [5, 5.41) is 9.81. The molecule has 1 aromatic carbocycles. The maximum atomic E-state index is 12.4. The lowest BCUT2D eigenvalue weighted by Crippen LogP contribution is -2.34. The number of carbonyl (C=O) groups excluding carboxylic acids is 1. The third-order valence-corrected chi connectivity index (χ3v) is 4.06. The van der Waals surface area contributed by atoms with Crippen molar-refractivity contribution < 1.29 is 9.90 Å². The van der Waals surface area contributed by atoms with E-state index in [2.05, 4.69) is 9.97 Å². The molecule has 2 aromatic rings. The highest BCUT2D eigenvalue weighted by atomic mass is 32.2. The van der Waals surface area contributed by atoms with Gasteiger partial charge in [0.05, 0.1) is 12.4 Å². The van der Waals surface area contributed by atoms with E-state index >= 15 is 0 Å². The second kappa shape index (κ2) is 8.64. The van der Waals surface area contributed by atoms with E-state index in [4.69, 9.17) is 0 Å². The largest absolute Gasteiger partial charge is 0.395 e. The third kappa shape index (κ3) is 5.65. The highest BCUT2D eigenvalue weighted by Gasteiger charge is 2.15. The van der Waals surface area contributed by atoms with Crippen LogP contribution in [0, 0.1) is 13.8 Å². The molecule has 1 amide bonds. The van der Waals surface area contributed by atoms with Gasteiger partial charge in [0.25, 0.3) is 0 Å². The Balaban J connectivity index is 1.97. The Bertz CT molecular complexity index is 629. The molecule has 0 aliphatic heterocycles. The molecule has 1 aromatic heterocycles. The van der Waals surface area contributed by atoms with Crippen molar-refractivity contribution in [2.24, 2.45) is 0 Å². The van der Waals surface area contributed by atoms with Crippen molar-refractivity contribution in [3.05, 3.63) is 53.3 Å². The Morgan fingerprint density at radius 1 is 1.17 bits per heavy atom. The van der Waals surface area contributed by atoms with Crippen LogP contribution in [0.25, 0.3) is 0 Å². The van der Waals surface area contributed by atoms with Gasteiger partial charge in [0.2, 0.25) is 5.91 Å². The highest BCUT2D eigenvalue weighted by Crippen LogP contribution is 2.15. The minimum Gasteiger partial charge on any atom is -0.395 e. The van der Waals surface area contributed by atoms with E-state index in [9.17, 15) is 9.90 Å². The second-order valence-corrected chi connectivity index (χ2v) is 6.19. The van der Waals surface area contributed by atoms with Gasteiger partial charge >= 0.3 is 0 Å². The van der Waals surface area contributed by atoms with Crippen LogP contribution >= 0.6 is 11.8 Å². The zero-order chi connectivity index (χ0) is 16.7. The van der Waals surface area contributed by atoms with Crippen molar-refractivity contribution in [2.75, 3.05) is 18.9 Å². The van der Waals surface area contributed by atoms with Crippen molar-refractivity contribution >= 4 is 17.7 Å². The van der Waals surface area contributed by atoms with Crippen molar-refractivity contribution in [1.29, 1.82) is 0 Å². The molecular formula is C17H21N3O2S. The quantitative estimate of drug-likeness (QED) is 0.622. The molecule has 0 saturated heterocycles. The molecule has 1 N–H and O–H groups in total. The summed E-state index contributed by atoms with van der Waals surface area (Å²) < 4.78 is 0. The number of carbonyl (C=O) groups is 1. The Morgan fingerprint density at radius 2 is 1.83 bits per heavy atom. The number of aryl methyl sites for hydroxylation is 2. The van der Waals surface area contributed by atoms with Crippen LogP contribution in [0.15, 0.2) is 41.6 Å². The fourth-order valence-electron chi connectivity index (χ4n) is 2.19. The maximum Gasteiger partial charge on any atom is 0.233 e. The van der Waals surface area contributed by atoms with E-state index in [1.807, 2.05) is 50.2 Å². The number of aliphatic hydroxyl groups excluding tert-OH is 1. The molecule has 0 saturated carbocycles. The average Bonchev–Trinajstić information content (AvgIpc) is 2.52. The summed E-state index contributed by atoms with van der Waals surface area (Å²) in [7, 11) is 0. The molecule has 0 aliphatic carbocycles. The lowest BCUT2D eigenvalue weighted by molar-refractivity contribution is -0.129. The molecule has 0 fully saturated rings. The van der Waals surface area contributed by atoms with E-state index in [1.165, 1.54) is 11.8 Å². The van der Waals surface area contributed by atoms with Gasteiger partial charge in [0.1, 0.15) is 0 Å². The van der Waals surface area contributed by atoms with Crippen LogP contribution in [0.3, 0.4) is 0 Å². The summed E-state index contributed by atoms with van der Waals surface area (Å²) >= 11 is 1.33. The molecule has 122 valence electrons. The fraction of sp³-hybridized carbons (Fsp3) is 0.353. The number of nitrogens with zero attached hydrogens (tertiary/aromatic N) is 3. The van der Waals surface area contributed by atoms with Crippen LogP contribution in [0.4, 0.5) is 0 Å². The number of thioether (sulfide) groups is 1. The van der Waals surface area contributed by atoms with E-state index in [0.29, 0.717) is 18.2 Å². The van der Waals surface area contributed by atoms with Crippen LogP contribution in [0.5, 0.6) is 0 Å². The van der Waals surface area contributed by atoms with Crippen molar-refractivity contribution in [3.63, 3.8) is 0 Å². The van der Waals surface area contributed by atoms with Crippen molar-refractivity contribution in [2.45, 2.75) is 25.5 Å². The summed E-state index contributed by atoms with van der Waals surface area (Å²) in [6, 6.07) is 11.7. The van der Waals surface area contributed by atoms with Gasteiger partial charge in [-0.25, -0.2) is 9.97 Å². The Labute approximate surface area is 140 Å². The molecule has 6 heteroatoms. The minimum atomic E-state index is -0.0523. The first-order valence-corrected chi connectivity index (χ1v) is 8.44. The number of amides is 1. The standard InChI is InChI=1S/C17H21N3O2S/c1-13-10-14(2)19-17(18-13)23-12-16(22)20(8-9-21)11-15-6-4-3-5-7-15/h3-7,10,21H,8-9,11-12H2,1-2H3. The molecular weight excluding hydrogens is 310 g/mol. The molecule has 0 aliphatic rings. The van der Waals surface area contributed by atoms with E-state index in [1.54, 1.807) is 4.90 Å². The topological polar surface area (TPSA) is 66.3 Å². The van der Waals surface area contributed by atoms with Gasteiger partial charge in [-0.05, 0) is 25.5 Å². The van der Waals surface area contributed by atoms with E-state index in [0.717, 1.165) is 17.0 Å². The summed E-state index contributed by atoms with van der Waals surface area (Å²) in [4.78, 5) is 22.7. The number of rotatable bonds is 7. The molecule has 0 unspecified atom stereocenters. The van der Waals surface area contributed by atoms with Gasteiger partial charge < -0.3 is 10.0 Å². The first-order chi connectivity index (χ1) is 11.1. The first kappa shape index (κ1) is 17.4. The van der Waals surface area contributed by atoms with Gasteiger partial charge in [-0.2, -0.15) is 0 Å². The number of hydrogen-bond acceptors (Lipinski definition) is 5. The number of aromatic nitrogens is 2. The predicted molar refractivity (Wildman–Crippen MR) is 91.2 cm³/mol. The predicted octanol–water partition coefficient (Wildman–Crippen LogP) is 2.21. The van der Waals surface area contributed by atoms with Crippen LogP contribution in [-0.4, -0.2) is 44.8 Å². The van der Waals surface area contributed by atoms with E-state index in [-0.39, 0.29) is 18.3 Å². The summed E-state index contributed by atoms with van der Waals surface area (Å²) in [6.45, 7) is 4.59. The van der Waals surface area contributed by atoms with Crippen LogP contribution in [0.1, 0.15) is 17.0 Å². The zero-order valence-electron chi connectivity index (χ0n) is 13.4. The zero-order valence-corrected chi connectivity index (χ0v) is 14.2. The van der Waals surface area contributed by atoms with Gasteiger partial charge in [-0.3, -0.25) is 4.79 Å². The number of benzene rings is 1. The number of hydrogen-bond donors (Lipinski definition) is 1. The van der Waals surface area contributed by atoms with Crippen molar-refractivity contribution in [1.82, 2.24) is 14.9 Å². The molecule has 0 radical (unpaired) electrons. The lowest BCUT2D eigenvalue weighted by atomic mass is 10.2. The first-order valence-electron chi connectivity index (χ1n) is 7.46. The Hall–Kier alpha value is -1.92. The summed E-state index contributed by atoms with van der Waals surface area (Å²) in [6.07, 6.45) is 0. The van der Waals surface area contributed by atoms with Crippen molar-refractivity contribution in [3.8, 4) is 0 Å². The Kier molecular flexibility index (Phi) is 6.55. The monoisotopic (exact) mass is 331 g/mol. The summed E-state index contributed by atoms with van der Waals surface area (Å²) in [5.74, 6) is 0.228. The van der Waals surface area contributed by atoms with Crippen LogP contribution in [-0.2, 0) is 11.3 Å². The molecule has 0 spiro atoms. The molecule has 2 rings (SSSR count). The van der Waals surface area contributed by atoms with Gasteiger partial charge in [-0.1, -0.05) is 42.1 Å². The second-order valence-electron chi connectivity index (χ2n) is 5.25. The smallest absolute Gasteiger partial charge is 0.233 e. The maximum absolute atomic E-state index is 12.4. The SMILES string of the molecule is Cc1cc(C)nc(SCC(=O)N(CCO)Cc2ccccc2)n1. The van der Waals surface area contributed by atoms with Gasteiger partial charge in [0, 0.05) is 24.5 Å². The van der Waals surface area contributed by atoms with Crippen LogP contribution in [0.2, 0.25) is 0 Å². The molecule has 23 heavy (non-hydrogen) atoms. The third-order valence-electron chi connectivity index (χ3n) is 3.23. The molecule has 5 nitrogen and oxygen atoms in total. The highest BCUT2D eigenvalue weighted by molar-refractivity contribution is 7.99. The molecule has 0 bridgehead atoms. The molecule has 1 heterocycles. The van der Waals surface area contributed by atoms with Crippen LogP contribution < -0.4 is 0 Å². The normalized spacial score (nSPS) is 10.6. The van der Waals surface area contributed by atoms with Gasteiger partial charge in [-0.15, -0.1) is 0 Å².